The minimum Gasteiger partial charge on any atom is -0.330 e. The number of nitrogens with zero attached hydrogens (tertiary/aromatic N) is 4. The van der Waals surface area contributed by atoms with E-state index in [2.05, 4.69) is 28.8 Å². The van der Waals surface area contributed by atoms with Crippen LogP contribution in [0, 0.1) is 5.92 Å². The number of aryl methyl sites for hydroxylation is 1. The highest BCUT2D eigenvalue weighted by Crippen LogP contribution is 2.05. The Morgan fingerprint density at radius 3 is 2.75 bits per heavy atom. The Morgan fingerprint density at radius 1 is 1.50 bits per heavy atom. The van der Waals surface area contributed by atoms with Gasteiger partial charge in [0, 0.05) is 13.6 Å². The normalized spacial score (nSPS) is 11.6. The van der Waals surface area contributed by atoms with Gasteiger partial charge >= 0.3 is 0 Å². The molecule has 0 aromatic carbocycles. The van der Waals surface area contributed by atoms with E-state index >= 15 is 0 Å². The maximum absolute atomic E-state index is 5.55. The number of rotatable bonds is 7. The summed E-state index contributed by atoms with van der Waals surface area (Å²) in [4.78, 5) is 6.64. The first-order valence-corrected chi connectivity index (χ1v) is 5.88. The second-order valence-electron chi connectivity index (χ2n) is 4.57. The molecule has 0 aliphatic rings. The molecule has 5 nitrogen and oxygen atoms in total. The minimum atomic E-state index is 0.658. The van der Waals surface area contributed by atoms with Gasteiger partial charge in [-0.05, 0) is 25.4 Å². The van der Waals surface area contributed by atoms with Crippen LogP contribution in [0.1, 0.15) is 26.1 Å². The smallest absolute Gasteiger partial charge is 0.140 e. The topological polar surface area (TPSA) is 60.0 Å². The second-order valence-corrected chi connectivity index (χ2v) is 4.57. The lowest BCUT2D eigenvalue weighted by atomic mass is 10.2. The van der Waals surface area contributed by atoms with Gasteiger partial charge in [0.25, 0.3) is 0 Å². The maximum atomic E-state index is 5.55. The molecule has 0 atom stereocenters. The molecule has 0 aliphatic carbocycles. The molecule has 0 aliphatic heterocycles. The molecule has 0 fully saturated rings. The summed E-state index contributed by atoms with van der Waals surface area (Å²) in [6, 6.07) is 0. The van der Waals surface area contributed by atoms with Crippen molar-refractivity contribution in [2.45, 2.75) is 26.8 Å². The van der Waals surface area contributed by atoms with Crippen LogP contribution in [0.25, 0.3) is 0 Å². The van der Waals surface area contributed by atoms with Crippen LogP contribution in [0.5, 0.6) is 0 Å². The van der Waals surface area contributed by atoms with Crippen LogP contribution in [0.2, 0.25) is 0 Å². The van der Waals surface area contributed by atoms with Gasteiger partial charge in [0.1, 0.15) is 12.2 Å². The van der Waals surface area contributed by atoms with Crippen molar-refractivity contribution in [2.75, 3.05) is 19.6 Å². The van der Waals surface area contributed by atoms with E-state index in [0.29, 0.717) is 5.92 Å². The molecular weight excluding hydrogens is 202 g/mol. The fraction of sp³-hybridized carbons (Fsp3) is 0.818. The highest BCUT2D eigenvalue weighted by Gasteiger charge is 2.10. The fourth-order valence-electron chi connectivity index (χ4n) is 1.73. The van der Waals surface area contributed by atoms with E-state index in [1.54, 1.807) is 6.33 Å². The average Bonchev–Trinajstić information content (AvgIpc) is 2.60. The molecule has 0 amide bonds. The van der Waals surface area contributed by atoms with Crippen molar-refractivity contribution in [3.8, 4) is 0 Å². The Hall–Kier alpha value is -0.940. The lowest BCUT2D eigenvalue weighted by Gasteiger charge is -2.23. The lowest BCUT2D eigenvalue weighted by Crippen LogP contribution is -2.30. The van der Waals surface area contributed by atoms with Gasteiger partial charge in [-0.25, -0.2) is 4.98 Å². The predicted molar refractivity (Wildman–Crippen MR) is 64.8 cm³/mol. The fourth-order valence-corrected chi connectivity index (χ4v) is 1.73. The van der Waals surface area contributed by atoms with Gasteiger partial charge < -0.3 is 5.73 Å². The van der Waals surface area contributed by atoms with Crippen LogP contribution in [-0.2, 0) is 13.6 Å². The van der Waals surface area contributed by atoms with Gasteiger partial charge in [-0.3, -0.25) is 9.58 Å². The molecule has 0 unspecified atom stereocenters. The van der Waals surface area contributed by atoms with Crippen molar-refractivity contribution >= 4 is 0 Å². The SMILES string of the molecule is CC(C)CN(CCCN)Cc1ncnn1C. The van der Waals surface area contributed by atoms with Crippen molar-refractivity contribution in [3.05, 3.63) is 12.2 Å². The van der Waals surface area contributed by atoms with Crippen molar-refractivity contribution in [2.24, 2.45) is 18.7 Å². The highest BCUT2D eigenvalue weighted by molar-refractivity contribution is 4.83. The third-order valence-corrected chi connectivity index (χ3v) is 2.47. The van der Waals surface area contributed by atoms with E-state index in [9.17, 15) is 0 Å². The lowest BCUT2D eigenvalue weighted by molar-refractivity contribution is 0.226. The summed E-state index contributed by atoms with van der Waals surface area (Å²) in [6.07, 6.45) is 2.64. The summed E-state index contributed by atoms with van der Waals surface area (Å²) in [5.74, 6) is 1.67. The average molecular weight is 225 g/mol. The first kappa shape index (κ1) is 13.1. The molecule has 1 rings (SSSR count). The molecule has 0 radical (unpaired) electrons. The molecule has 1 aromatic heterocycles. The van der Waals surface area contributed by atoms with Gasteiger partial charge in [0.2, 0.25) is 0 Å². The summed E-state index contributed by atoms with van der Waals surface area (Å²) in [5, 5.41) is 4.08. The van der Waals surface area contributed by atoms with Gasteiger partial charge in [0.05, 0.1) is 6.54 Å². The van der Waals surface area contributed by atoms with Crippen LogP contribution in [0.4, 0.5) is 0 Å². The van der Waals surface area contributed by atoms with Gasteiger partial charge in [-0.15, -0.1) is 0 Å². The first-order valence-electron chi connectivity index (χ1n) is 5.88. The number of nitrogens with two attached hydrogens (primary N) is 1. The summed E-state index contributed by atoms with van der Waals surface area (Å²) >= 11 is 0. The Kier molecular flexibility index (Phi) is 5.42. The third kappa shape index (κ3) is 4.28. The number of hydrogen-bond donors (Lipinski definition) is 1. The predicted octanol–water partition coefficient (Wildman–Crippen LogP) is 0.622. The minimum absolute atomic E-state index is 0.658. The van der Waals surface area contributed by atoms with Crippen LogP contribution in [0.15, 0.2) is 6.33 Å². The first-order chi connectivity index (χ1) is 7.63. The molecule has 5 heteroatoms. The third-order valence-electron chi connectivity index (χ3n) is 2.47. The molecule has 0 saturated carbocycles. The van der Waals surface area contributed by atoms with E-state index in [4.69, 9.17) is 5.73 Å². The quantitative estimate of drug-likeness (QED) is 0.739. The van der Waals surface area contributed by atoms with E-state index in [-0.39, 0.29) is 0 Å². The van der Waals surface area contributed by atoms with Crippen LogP contribution >= 0.6 is 0 Å². The molecule has 92 valence electrons. The summed E-state index contributed by atoms with van der Waals surface area (Å²) in [6.45, 7) is 8.16. The van der Waals surface area contributed by atoms with Gasteiger partial charge in [0.15, 0.2) is 0 Å². The van der Waals surface area contributed by atoms with Gasteiger partial charge in [-0.1, -0.05) is 13.8 Å². The van der Waals surface area contributed by atoms with Crippen LogP contribution < -0.4 is 5.73 Å². The summed E-state index contributed by atoms with van der Waals surface area (Å²) in [7, 11) is 1.93. The van der Waals surface area contributed by atoms with Crippen molar-refractivity contribution in [1.82, 2.24) is 19.7 Å². The molecule has 1 aromatic rings. The number of aromatic nitrogens is 3. The highest BCUT2D eigenvalue weighted by atomic mass is 15.3. The largest absolute Gasteiger partial charge is 0.330 e. The Labute approximate surface area is 97.6 Å². The molecular formula is C11H23N5. The monoisotopic (exact) mass is 225 g/mol. The number of hydrogen-bond acceptors (Lipinski definition) is 4. The van der Waals surface area contributed by atoms with Crippen molar-refractivity contribution in [1.29, 1.82) is 0 Å². The summed E-state index contributed by atoms with van der Waals surface area (Å²) < 4.78 is 1.83. The molecule has 0 spiro atoms. The Bertz CT molecular complexity index is 294. The molecule has 16 heavy (non-hydrogen) atoms. The zero-order valence-electron chi connectivity index (χ0n) is 10.6. The molecule has 0 saturated heterocycles. The zero-order valence-corrected chi connectivity index (χ0v) is 10.6. The standard InChI is InChI=1S/C11H23N5/c1-10(2)7-16(6-4-5-12)8-11-13-9-14-15(11)3/h9-10H,4-8,12H2,1-3H3. The molecule has 2 N–H and O–H groups in total. The molecule has 1 heterocycles. The van der Waals surface area contributed by atoms with Crippen LogP contribution in [-0.4, -0.2) is 39.3 Å². The second kappa shape index (κ2) is 6.60. The summed E-state index contributed by atoms with van der Waals surface area (Å²) in [5.41, 5.74) is 5.55. The molecule has 0 bridgehead atoms. The van der Waals surface area contributed by atoms with Crippen molar-refractivity contribution in [3.63, 3.8) is 0 Å². The van der Waals surface area contributed by atoms with E-state index in [1.165, 1.54) is 0 Å². The van der Waals surface area contributed by atoms with E-state index < -0.39 is 0 Å². The van der Waals surface area contributed by atoms with E-state index in [0.717, 1.165) is 38.4 Å². The zero-order chi connectivity index (χ0) is 12.0. The van der Waals surface area contributed by atoms with E-state index in [1.807, 2.05) is 11.7 Å². The van der Waals surface area contributed by atoms with Gasteiger partial charge in [-0.2, -0.15) is 5.10 Å². The van der Waals surface area contributed by atoms with Crippen molar-refractivity contribution < 1.29 is 0 Å². The Balaban J connectivity index is 2.52. The van der Waals surface area contributed by atoms with Crippen LogP contribution in [0.3, 0.4) is 0 Å². The Morgan fingerprint density at radius 2 is 2.25 bits per heavy atom. The maximum Gasteiger partial charge on any atom is 0.140 e.